The van der Waals surface area contributed by atoms with Crippen LogP contribution < -0.4 is 5.73 Å². The van der Waals surface area contributed by atoms with Crippen molar-refractivity contribution >= 4 is 15.7 Å². The predicted molar refractivity (Wildman–Crippen MR) is 95.1 cm³/mol. The first-order valence-corrected chi connectivity index (χ1v) is 9.65. The van der Waals surface area contributed by atoms with Gasteiger partial charge in [0.05, 0.1) is 4.90 Å². The van der Waals surface area contributed by atoms with Crippen LogP contribution in [0.15, 0.2) is 57.9 Å². The van der Waals surface area contributed by atoms with E-state index in [9.17, 15) is 13.2 Å². The molecule has 1 atom stereocenters. The maximum Gasteiger partial charge on any atom is 0.243 e. The first kappa shape index (κ1) is 17.8. The van der Waals surface area contributed by atoms with E-state index in [4.69, 9.17) is 10.3 Å². The minimum absolute atomic E-state index is 0.153. The number of primary amides is 1. The van der Waals surface area contributed by atoms with Crippen molar-refractivity contribution in [1.29, 1.82) is 0 Å². The number of nitrogens with zero attached hydrogens (tertiary/aromatic N) is 2. The van der Waals surface area contributed by atoms with Gasteiger partial charge in [-0.05, 0) is 35.7 Å². The lowest BCUT2D eigenvalue weighted by atomic mass is 9.95. The molecular weight excluding hydrogens is 354 g/mol. The predicted octanol–water partition coefficient (Wildman–Crippen LogP) is 2.07. The maximum absolute atomic E-state index is 11.8. The van der Waals surface area contributed by atoms with E-state index in [2.05, 4.69) is 10.1 Å². The summed E-state index contributed by atoms with van der Waals surface area (Å²) in [6.07, 6.45) is 1.17. The zero-order valence-electron chi connectivity index (χ0n) is 14.2. The Morgan fingerprint density at radius 2 is 1.58 bits per heavy atom. The summed E-state index contributed by atoms with van der Waals surface area (Å²) in [5.74, 6) is -0.828. The molecule has 1 heterocycles. The van der Waals surface area contributed by atoms with Gasteiger partial charge in [-0.3, -0.25) is 4.79 Å². The minimum atomic E-state index is -3.23. The van der Waals surface area contributed by atoms with E-state index in [0.717, 1.165) is 11.1 Å². The Kier molecular flexibility index (Phi) is 4.60. The van der Waals surface area contributed by atoms with Crippen LogP contribution in [0.25, 0.3) is 11.1 Å². The second-order valence-electron chi connectivity index (χ2n) is 5.93. The number of nitrogens with two attached hydrogens (primary N) is 1. The highest BCUT2D eigenvalue weighted by Crippen LogP contribution is 2.27. The molecule has 0 saturated carbocycles. The number of carbonyl (C=O) groups excluding carboxylic acids is 1. The summed E-state index contributed by atoms with van der Waals surface area (Å²) in [5, 5.41) is 3.70. The Morgan fingerprint density at radius 3 is 2.00 bits per heavy atom. The molecule has 1 unspecified atom stereocenters. The molecule has 0 aliphatic rings. The van der Waals surface area contributed by atoms with E-state index >= 15 is 0 Å². The number of carbonyl (C=O) groups is 1. The molecule has 7 nitrogen and oxygen atoms in total. The zero-order valence-corrected chi connectivity index (χ0v) is 15.0. The fourth-order valence-corrected chi connectivity index (χ4v) is 3.25. The molecule has 2 aromatic carbocycles. The van der Waals surface area contributed by atoms with Gasteiger partial charge in [-0.2, -0.15) is 4.98 Å². The summed E-state index contributed by atoms with van der Waals surface area (Å²) >= 11 is 0. The van der Waals surface area contributed by atoms with Gasteiger partial charge in [-0.25, -0.2) is 8.42 Å². The zero-order chi connectivity index (χ0) is 18.9. The number of amides is 1. The van der Waals surface area contributed by atoms with E-state index in [-0.39, 0.29) is 10.8 Å². The number of sulfone groups is 1. The summed E-state index contributed by atoms with van der Waals surface area (Å²) in [6.45, 7) is 1.66. The van der Waals surface area contributed by atoms with E-state index in [1.54, 1.807) is 43.3 Å². The number of benzene rings is 2. The Bertz CT molecular complexity index is 1040. The van der Waals surface area contributed by atoms with Gasteiger partial charge in [0.2, 0.25) is 11.8 Å². The third-order valence-corrected chi connectivity index (χ3v) is 5.06. The normalized spacial score (nSPS) is 12.7. The summed E-state index contributed by atoms with van der Waals surface area (Å²) < 4.78 is 28.2. The third-order valence-electron chi connectivity index (χ3n) is 3.93. The van der Waals surface area contributed by atoms with Gasteiger partial charge in [-0.15, -0.1) is 0 Å². The van der Waals surface area contributed by atoms with E-state index in [1.165, 1.54) is 6.26 Å². The number of aryl methyl sites for hydroxylation is 1. The average molecular weight is 371 g/mol. The highest BCUT2D eigenvalue weighted by atomic mass is 32.2. The van der Waals surface area contributed by atoms with Crippen LogP contribution in [0.4, 0.5) is 0 Å². The van der Waals surface area contributed by atoms with Gasteiger partial charge in [0.15, 0.2) is 15.7 Å². The van der Waals surface area contributed by atoms with Crippen molar-refractivity contribution in [3.8, 4) is 11.1 Å². The fourth-order valence-electron chi connectivity index (χ4n) is 2.62. The Labute approximate surface area is 150 Å². The lowest BCUT2D eigenvalue weighted by Gasteiger charge is -2.10. The minimum Gasteiger partial charge on any atom is -0.369 e. The third kappa shape index (κ3) is 3.65. The fraction of sp³-hybridized carbons (Fsp3) is 0.167. The monoisotopic (exact) mass is 371 g/mol. The highest BCUT2D eigenvalue weighted by Gasteiger charge is 2.26. The first-order chi connectivity index (χ1) is 12.3. The van der Waals surface area contributed by atoms with E-state index in [1.807, 2.05) is 12.1 Å². The van der Waals surface area contributed by atoms with Crippen molar-refractivity contribution in [2.45, 2.75) is 17.7 Å². The van der Waals surface area contributed by atoms with Gasteiger partial charge in [-0.1, -0.05) is 41.6 Å². The van der Waals surface area contributed by atoms with Crippen molar-refractivity contribution in [1.82, 2.24) is 10.1 Å². The summed E-state index contributed by atoms with van der Waals surface area (Å²) in [6, 6.07) is 13.8. The number of rotatable bonds is 5. The van der Waals surface area contributed by atoms with Gasteiger partial charge in [0.25, 0.3) is 0 Å². The molecule has 0 aliphatic heterocycles. The molecule has 8 heteroatoms. The van der Waals surface area contributed by atoms with Crippen LogP contribution in [0.1, 0.15) is 23.2 Å². The molecule has 134 valence electrons. The molecule has 26 heavy (non-hydrogen) atoms. The molecule has 0 aliphatic carbocycles. The molecule has 0 fully saturated rings. The van der Waals surface area contributed by atoms with Crippen LogP contribution >= 0.6 is 0 Å². The van der Waals surface area contributed by atoms with Crippen LogP contribution in [0.2, 0.25) is 0 Å². The van der Waals surface area contributed by atoms with Gasteiger partial charge in [0, 0.05) is 6.26 Å². The first-order valence-electron chi connectivity index (χ1n) is 7.75. The largest absolute Gasteiger partial charge is 0.369 e. The average Bonchev–Trinajstić information content (AvgIpc) is 3.00. The molecule has 0 spiro atoms. The molecule has 0 saturated heterocycles. The SMILES string of the molecule is Cc1noc(C(C(N)=O)c2ccc(-c3ccc(S(C)(=O)=O)cc3)cc2)n1. The molecule has 0 bridgehead atoms. The Hall–Kier alpha value is -3.00. The topological polar surface area (TPSA) is 116 Å². The lowest BCUT2D eigenvalue weighted by molar-refractivity contribution is -0.119. The standard InChI is InChI=1S/C18H17N3O4S/c1-11-20-18(25-21-11)16(17(19)22)14-5-3-12(4-6-14)13-7-9-15(10-8-13)26(2,23)24/h3-10,16H,1-2H3,(H2,19,22). The second-order valence-corrected chi connectivity index (χ2v) is 7.95. The lowest BCUT2D eigenvalue weighted by Crippen LogP contribution is -2.22. The van der Waals surface area contributed by atoms with Crippen LogP contribution in [-0.4, -0.2) is 30.7 Å². The number of aromatic nitrogens is 2. The van der Waals surface area contributed by atoms with Gasteiger partial charge >= 0.3 is 0 Å². The molecule has 3 rings (SSSR count). The molecular formula is C18H17N3O4S. The summed E-state index contributed by atoms with van der Waals surface area (Å²) in [5.41, 5.74) is 7.86. The van der Waals surface area contributed by atoms with E-state index < -0.39 is 21.7 Å². The van der Waals surface area contributed by atoms with Crippen LogP contribution in [0.5, 0.6) is 0 Å². The maximum atomic E-state index is 11.8. The smallest absolute Gasteiger partial charge is 0.243 e. The number of hydrogen-bond acceptors (Lipinski definition) is 6. The van der Waals surface area contributed by atoms with Gasteiger partial charge in [0.1, 0.15) is 5.92 Å². The molecule has 3 aromatic rings. The summed E-state index contributed by atoms with van der Waals surface area (Å²) in [4.78, 5) is 16.2. The van der Waals surface area contributed by atoms with Crippen LogP contribution in [-0.2, 0) is 14.6 Å². The van der Waals surface area contributed by atoms with Crippen LogP contribution in [0, 0.1) is 6.92 Å². The summed E-state index contributed by atoms with van der Waals surface area (Å²) in [7, 11) is -3.23. The van der Waals surface area contributed by atoms with Crippen molar-refractivity contribution < 1.29 is 17.7 Å². The molecule has 1 amide bonds. The van der Waals surface area contributed by atoms with Crippen molar-refractivity contribution in [3.05, 3.63) is 65.8 Å². The number of hydrogen-bond donors (Lipinski definition) is 1. The quantitative estimate of drug-likeness (QED) is 0.734. The van der Waals surface area contributed by atoms with E-state index in [0.29, 0.717) is 11.4 Å². The van der Waals surface area contributed by atoms with Crippen molar-refractivity contribution in [2.75, 3.05) is 6.26 Å². The highest BCUT2D eigenvalue weighted by molar-refractivity contribution is 7.90. The second kappa shape index (κ2) is 6.72. The van der Waals surface area contributed by atoms with Crippen molar-refractivity contribution in [2.24, 2.45) is 5.73 Å². The Morgan fingerprint density at radius 1 is 1.04 bits per heavy atom. The molecule has 1 aromatic heterocycles. The van der Waals surface area contributed by atoms with Gasteiger partial charge < -0.3 is 10.3 Å². The van der Waals surface area contributed by atoms with Crippen LogP contribution in [0.3, 0.4) is 0 Å². The Balaban J connectivity index is 1.91. The molecule has 0 radical (unpaired) electrons. The van der Waals surface area contributed by atoms with Crippen molar-refractivity contribution in [3.63, 3.8) is 0 Å². The molecule has 2 N–H and O–H groups in total.